The van der Waals surface area contributed by atoms with Crippen molar-refractivity contribution >= 4 is 11.9 Å². The summed E-state index contributed by atoms with van der Waals surface area (Å²) >= 11 is 0. The number of aliphatic hydroxyl groups excluding tert-OH is 2. The number of fused-ring (bicyclic) bond motifs is 7. The Labute approximate surface area is 215 Å². The zero-order chi connectivity index (χ0) is 26.5. The van der Waals surface area contributed by atoms with E-state index in [0.29, 0.717) is 38.0 Å². The SMILES string of the molecule is C[C@@]1(C(=O)O)CC[C@]2(C(=O)O)CC[C@]3(C)C(=CC[C@@H]4[C@@]5(C)CC[C@@H](O)[C@](C)(CO)C5CC[C@]43C)[C@H]2C1. The topological polar surface area (TPSA) is 115 Å². The highest BCUT2D eigenvalue weighted by atomic mass is 16.4. The molecule has 36 heavy (non-hydrogen) atoms. The van der Waals surface area contributed by atoms with Gasteiger partial charge in [-0.05, 0) is 105 Å². The van der Waals surface area contributed by atoms with Crippen LogP contribution in [0.5, 0.6) is 0 Å². The van der Waals surface area contributed by atoms with Crippen LogP contribution in [-0.4, -0.2) is 45.1 Å². The Kier molecular flexibility index (Phi) is 5.69. The summed E-state index contributed by atoms with van der Waals surface area (Å²) < 4.78 is 0. The first kappa shape index (κ1) is 26.2. The average molecular weight is 503 g/mol. The summed E-state index contributed by atoms with van der Waals surface area (Å²) in [5, 5.41) is 41.9. The third-order valence-electron chi connectivity index (χ3n) is 13.5. The molecule has 4 fully saturated rings. The number of allylic oxidation sites excluding steroid dienone is 2. The molecule has 4 N–H and O–H groups in total. The fraction of sp³-hybridized carbons (Fsp3) is 0.867. The molecule has 1 unspecified atom stereocenters. The predicted octanol–water partition coefficient (Wildman–Crippen LogP) is 5.27. The Morgan fingerprint density at radius 1 is 0.889 bits per heavy atom. The lowest BCUT2D eigenvalue weighted by Crippen LogP contribution is -2.66. The van der Waals surface area contributed by atoms with Crippen molar-refractivity contribution in [3.63, 3.8) is 0 Å². The molecule has 4 saturated carbocycles. The van der Waals surface area contributed by atoms with Gasteiger partial charge in [-0.15, -0.1) is 0 Å². The van der Waals surface area contributed by atoms with Crippen LogP contribution in [0, 0.1) is 50.2 Å². The van der Waals surface area contributed by atoms with E-state index in [1.807, 2.05) is 0 Å². The molecular weight excluding hydrogens is 456 g/mol. The van der Waals surface area contributed by atoms with Gasteiger partial charge in [0.15, 0.2) is 0 Å². The fourth-order valence-electron chi connectivity index (χ4n) is 10.7. The molecule has 0 aromatic carbocycles. The average Bonchev–Trinajstić information content (AvgIpc) is 2.82. The lowest BCUT2D eigenvalue weighted by atomic mass is 9.33. The molecule has 5 aliphatic rings. The maximum Gasteiger partial charge on any atom is 0.310 e. The molecule has 0 radical (unpaired) electrons. The zero-order valence-corrected chi connectivity index (χ0v) is 22.8. The molecule has 6 heteroatoms. The van der Waals surface area contributed by atoms with Crippen molar-refractivity contribution < 1.29 is 30.0 Å². The van der Waals surface area contributed by atoms with E-state index < -0.39 is 34.3 Å². The van der Waals surface area contributed by atoms with Gasteiger partial charge in [0.2, 0.25) is 0 Å². The van der Waals surface area contributed by atoms with Gasteiger partial charge in [0.05, 0.1) is 23.5 Å². The maximum atomic E-state index is 12.8. The molecule has 0 spiro atoms. The van der Waals surface area contributed by atoms with Gasteiger partial charge in [-0.2, -0.15) is 0 Å². The van der Waals surface area contributed by atoms with Crippen LogP contribution in [0.4, 0.5) is 0 Å². The van der Waals surface area contributed by atoms with Crippen molar-refractivity contribution in [2.75, 3.05) is 6.61 Å². The van der Waals surface area contributed by atoms with Gasteiger partial charge in [-0.25, -0.2) is 0 Å². The standard InChI is InChI=1S/C30H46O6/c1-25(23(33)34)12-14-30(24(35)36)15-13-28(4)18(19(30)16-25)6-7-21-26(2)10-9-22(32)27(3,17-31)20(26)8-11-29(21,28)5/h6,19-22,31-32H,7-17H2,1-5H3,(H,33,34)(H,35,36)/t19-,20?,21-,22-,25-,26+,27-,28-,29-,30+/m1/s1. The number of rotatable bonds is 3. The normalized spacial score (nSPS) is 54.2. The summed E-state index contributed by atoms with van der Waals surface area (Å²) in [5.41, 5.74) is -1.29. The van der Waals surface area contributed by atoms with Crippen molar-refractivity contribution in [1.82, 2.24) is 0 Å². The summed E-state index contributed by atoms with van der Waals surface area (Å²) in [4.78, 5) is 25.0. The number of hydrogen-bond acceptors (Lipinski definition) is 4. The molecule has 0 aromatic heterocycles. The van der Waals surface area contributed by atoms with Crippen LogP contribution in [0.2, 0.25) is 0 Å². The Balaban J connectivity index is 1.60. The van der Waals surface area contributed by atoms with E-state index in [1.54, 1.807) is 6.92 Å². The second-order valence-corrected chi connectivity index (χ2v) is 14.6. The molecule has 0 amide bonds. The van der Waals surface area contributed by atoms with Gasteiger partial charge in [-0.3, -0.25) is 9.59 Å². The first-order valence-corrected chi connectivity index (χ1v) is 14.1. The number of hydrogen-bond donors (Lipinski definition) is 4. The van der Waals surface area contributed by atoms with Gasteiger partial charge in [0.1, 0.15) is 0 Å². The van der Waals surface area contributed by atoms with E-state index >= 15 is 0 Å². The fourth-order valence-corrected chi connectivity index (χ4v) is 10.7. The summed E-state index contributed by atoms with van der Waals surface area (Å²) in [6.45, 7) is 11.0. The Bertz CT molecular complexity index is 1010. The van der Waals surface area contributed by atoms with Crippen molar-refractivity contribution in [3.05, 3.63) is 11.6 Å². The molecule has 5 aliphatic carbocycles. The highest BCUT2D eigenvalue weighted by Gasteiger charge is 2.70. The molecule has 0 heterocycles. The van der Waals surface area contributed by atoms with Crippen LogP contribution < -0.4 is 0 Å². The lowest BCUT2D eigenvalue weighted by Gasteiger charge is -2.71. The number of aliphatic carboxylic acids is 2. The third kappa shape index (κ3) is 2.98. The number of carboxylic acid groups (broad SMARTS) is 2. The number of aliphatic hydroxyl groups is 2. The summed E-state index contributed by atoms with van der Waals surface area (Å²) in [6, 6.07) is 0. The lowest BCUT2D eigenvalue weighted by molar-refractivity contribution is -0.217. The molecule has 202 valence electrons. The maximum absolute atomic E-state index is 12.8. The molecule has 6 nitrogen and oxygen atoms in total. The summed E-state index contributed by atoms with van der Waals surface area (Å²) in [6.07, 6.45) is 8.93. The quantitative estimate of drug-likeness (QED) is 0.391. The Morgan fingerprint density at radius 3 is 2.17 bits per heavy atom. The van der Waals surface area contributed by atoms with Crippen molar-refractivity contribution in [1.29, 1.82) is 0 Å². The van der Waals surface area contributed by atoms with Gasteiger partial charge in [0, 0.05) is 5.41 Å². The highest BCUT2D eigenvalue weighted by Crippen LogP contribution is 2.75. The predicted molar refractivity (Wildman–Crippen MR) is 136 cm³/mol. The highest BCUT2D eigenvalue weighted by molar-refractivity contribution is 5.79. The van der Waals surface area contributed by atoms with E-state index in [9.17, 15) is 30.0 Å². The van der Waals surface area contributed by atoms with Crippen molar-refractivity contribution in [2.24, 2.45) is 50.2 Å². The monoisotopic (exact) mass is 502 g/mol. The van der Waals surface area contributed by atoms with Crippen LogP contribution in [0.25, 0.3) is 0 Å². The number of carbonyl (C=O) groups is 2. The molecule has 0 bridgehead atoms. The minimum absolute atomic E-state index is 0.00675. The van der Waals surface area contributed by atoms with Crippen molar-refractivity contribution in [2.45, 2.75) is 105 Å². The van der Waals surface area contributed by atoms with Gasteiger partial charge >= 0.3 is 11.9 Å². The zero-order valence-electron chi connectivity index (χ0n) is 22.8. The van der Waals surface area contributed by atoms with Crippen LogP contribution in [0.15, 0.2) is 11.6 Å². The van der Waals surface area contributed by atoms with Gasteiger partial charge in [-0.1, -0.05) is 39.3 Å². The molecule has 5 rings (SSSR count). The minimum atomic E-state index is -0.896. The molecule has 0 aliphatic heterocycles. The molecular formula is C30H46O6. The second kappa shape index (κ2) is 7.81. The van der Waals surface area contributed by atoms with E-state index in [-0.39, 0.29) is 34.7 Å². The Hall–Kier alpha value is -1.40. The third-order valence-corrected chi connectivity index (χ3v) is 13.5. The van der Waals surface area contributed by atoms with E-state index in [0.717, 1.165) is 32.1 Å². The van der Waals surface area contributed by atoms with Crippen molar-refractivity contribution in [3.8, 4) is 0 Å². The van der Waals surface area contributed by atoms with Crippen LogP contribution in [0.3, 0.4) is 0 Å². The second-order valence-electron chi connectivity index (χ2n) is 14.6. The van der Waals surface area contributed by atoms with Crippen LogP contribution in [0.1, 0.15) is 98.8 Å². The molecule has 10 atom stereocenters. The molecule has 0 saturated heterocycles. The van der Waals surface area contributed by atoms with Crippen LogP contribution >= 0.6 is 0 Å². The summed E-state index contributed by atoms with van der Waals surface area (Å²) in [7, 11) is 0. The largest absolute Gasteiger partial charge is 0.481 e. The minimum Gasteiger partial charge on any atom is -0.481 e. The van der Waals surface area contributed by atoms with Gasteiger partial charge in [0.25, 0.3) is 0 Å². The van der Waals surface area contributed by atoms with E-state index in [2.05, 4.69) is 33.8 Å². The smallest absolute Gasteiger partial charge is 0.310 e. The first-order chi connectivity index (χ1) is 16.6. The number of carboxylic acids is 2. The Morgan fingerprint density at radius 2 is 1.56 bits per heavy atom. The van der Waals surface area contributed by atoms with Gasteiger partial charge < -0.3 is 20.4 Å². The van der Waals surface area contributed by atoms with E-state index in [1.165, 1.54) is 5.57 Å². The summed E-state index contributed by atoms with van der Waals surface area (Å²) in [5.74, 6) is -1.20. The molecule has 0 aromatic rings. The van der Waals surface area contributed by atoms with Crippen LogP contribution in [-0.2, 0) is 9.59 Å². The van der Waals surface area contributed by atoms with E-state index in [4.69, 9.17) is 0 Å². The first-order valence-electron chi connectivity index (χ1n) is 14.1.